The van der Waals surface area contributed by atoms with E-state index >= 15 is 0 Å². The molecule has 0 N–H and O–H groups in total. The van der Waals surface area contributed by atoms with Crippen molar-refractivity contribution in [1.29, 1.82) is 0 Å². The number of benzene rings is 1. The minimum absolute atomic E-state index is 0.302. The number of carbonyl (C=O) groups is 1. The van der Waals surface area contributed by atoms with Crippen molar-refractivity contribution < 1.29 is 32.5 Å². The smallest absolute Gasteiger partial charge is 0.419 e. The van der Waals surface area contributed by atoms with Crippen LogP contribution in [0.2, 0.25) is 0 Å². The zero-order valence-electron chi connectivity index (χ0n) is 15.1. The van der Waals surface area contributed by atoms with Gasteiger partial charge >= 0.3 is 6.18 Å². The number of carbonyl (C=O) groups excluding carboxylic acids is 1. The van der Waals surface area contributed by atoms with Crippen LogP contribution in [0.25, 0.3) is 0 Å². The standard InChI is InChI=1S/C20H23F3O4/c1-26-18(19-8-11-4-12(9-19)6-13(5-11)10-19)27-16-7-14(17(24)25)2-3-15(16)20(21,22)23/h2-3,7,11-13,18H,4-6,8-10H2,1H3,(H,24,25)/p-1. The van der Waals surface area contributed by atoms with Gasteiger partial charge in [0.15, 0.2) is 0 Å². The Hall–Kier alpha value is -1.76. The molecule has 0 amide bonds. The van der Waals surface area contributed by atoms with E-state index in [1.165, 1.54) is 26.4 Å². The van der Waals surface area contributed by atoms with Crippen LogP contribution in [0.4, 0.5) is 13.2 Å². The fraction of sp³-hybridized carbons (Fsp3) is 0.650. The van der Waals surface area contributed by atoms with Crippen LogP contribution < -0.4 is 9.84 Å². The lowest BCUT2D eigenvalue weighted by atomic mass is 9.49. The van der Waals surface area contributed by atoms with E-state index in [4.69, 9.17) is 9.47 Å². The zero-order valence-corrected chi connectivity index (χ0v) is 15.1. The van der Waals surface area contributed by atoms with E-state index in [2.05, 4.69) is 0 Å². The molecular formula is C20H22F3O4-. The van der Waals surface area contributed by atoms with Crippen LogP contribution in [-0.2, 0) is 10.9 Å². The summed E-state index contributed by atoms with van der Waals surface area (Å²) in [4.78, 5) is 11.1. The Bertz CT molecular complexity index is 708. The summed E-state index contributed by atoms with van der Waals surface area (Å²) in [7, 11) is 1.44. The molecule has 5 rings (SSSR count). The number of carboxylic acids is 1. The number of hydrogen-bond donors (Lipinski definition) is 0. The fourth-order valence-corrected chi connectivity index (χ4v) is 5.99. The number of carboxylic acid groups (broad SMARTS) is 1. The van der Waals surface area contributed by atoms with Gasteiger partial charge in [-0.05, 0) is 68.4 Å². The third-order valence-electron chi connectivity index (χ3n) is 6.56. The average Bonchev–Trinajstić information content (AvgIpc) is 2.57. The van der Waals surface area contributed by atoms with Crippen molar-refractivity contribution in [3.05, 3.63) is 29.3 Å². The molecular weight excluding hydrogens is 361 g/mol. The molecule has 0 radical (unpaired) electrons. The van der Waals surface area contributed by atoms with Crippen LogP contribution >= 0.6 is 0 Å². The van der Waals surface area contributed by atoms with Gasteiger partial charge in [-0.25, -0.2) is 0 Å². The Balaban J connectivity index is 1.67. The molecule has 0 aliphatic heterocycles. The minimum atomic E-state index is -4.65. The SMILES string of the molecule is COC(Oc1cc(C(=O)[O-])ccc1C(F)(F)F)C12CC3CC(CC(C3)C1)C2. The number of aromatic carboxylic acids is 1. The predicted octanol–water partition coefficient (Wildman–Crippen LogP) is 3.64. The molecule has 4 fully saturated rings. The van der Waals surface area contributed by atoms with E-state index in [1.54, 1.807) is 0 Å². The molecule has 4 saturated carbocycles. The molecule has 1 aromatic carbocycles. The van der Waals surface area contributed by atoms with Crippen molar-refractivity contribution in [2.24, 2.45) is 23.2 Å². The van der Waals surface area contributed by atoms with Gasteiger partial charge in [0, 0.05) is 18.1 Å². The van der Waals surface area contributed by atoms with Gasteiger partial charge in [0.1, 0.15) is 5.75 Å². The summed E-state index contributed by atoms with van der Waals surface area (Å²) in [6, 6.07) is 2.51. The van der Waals surface area contributed by atoms with Gasteiger partial charge in [-0.2, -0.15) is 13.2 Å². The molecule has 4 aliphatic rings. The van der Waals surface area contributed by atoms with Gasteiger partial charge in [0.05, 0.1) is 11.5 Å². The second kappa shape index (κ2) is 6.40. The number of halogens is 3. The Morgan fingerprint density at radius 3 is 2.15 bits per heavy atom. The Morgan fingerprint density at radius 2 is 1.70 bits per heavy atom. The summed E-state index contributed by atoms with van der Waals surface area (Å²) in [5.74, 6) is -0.318. The van der Waals surface area contributed by atoms with Gasteiger partial charge in [-0.3, -0.25) is 0 Å². The molecule has 1 aromatic rings. The van der Waals surface area contributed by atoms with Gasteiger partial charge < -0.3 is 19.4 Å². The Morgan fingerprint density at radius 1 is 1.15 bits per heavy atom. The quantitative estimate of drug-likeness (QED) is 0.729. The summed E-state index contributed by atoms with van der Waals surface area (Å²) < 4.78 is 51.6. The molecule has 1 unspecified atom stereocenters. The molecule has 4 bridgehead atoms. The second-order valence-corrected chi connectivity index (χ2v) is 8.46. The van der Waals surface area contributed by atoms with Gasteiger partial charge in [0.2, 0.25) is 6.29 Å². The van der Waals surface area contributed by atoms with E-state index in [1.807, 2.05) is 0 Å². The van der Waals surface area contributed by atoms with E-state index < -0.39 is 29.7 Å². The minimum Gasteiger partial charge on any atom is -0.545 e. The number of hydrogen-bond acceptors (Lipinski definition) is 4. The van der Waals surface area contributed by atoms with Crippen molar-refractivity contribution in [3.63, 3.8) is 0 Å². The first-order valence-corrected chi connectivity index (χ1v) is 9.32. The van der Waals surface area contributed by atoms with Gasteiger partial charge in [-0.15, -0.1) is 0 Å². The summed E-state index contributed by atoms with van der Waals surface area (Å²) >= 11 is 0. The maximum Gasteiger partial charge on any atom is 0.419 e. The highest BCUT2D eigenvalue weighted by Gasteiger charge is 2.56. The van der Waals surface area contributed by atoms with E-state index in [0.717, 1.165) is 37.5 Å². The highest BCUT2D eigenvalue weighted by molar-refractivity contribution is 5.86. The molecule has 0 saturated heterocycles. The van der Waals surface area contributed by atoms with E-state index in [9.17, 15) is 23.1 Å². The van der Waals surface area contributed by atoms with Crippen molar-refractivity contribution in [1.82, 2.24) is 0 Å². The monoisotopic (exact) mass is 383 g/mol. The first-order chi connectivity index (χ1) is 12.7. The van der Waals surface area contributed by atoms with Crippen LogP contribution in [0.1, 0.15) is 54.4 Å². The number of rotatable bonds is 5. The molecule has 27 heavy (non-hydrogen) atoms. The third kappa shape index (κ3) is 3.30. The molecule has 0 spiro atoms. The number of ether oxygens (including phenoxy) is 2. The first kappa shape index (κ1) is 18.6. The lowest BCUT2D eigenvalue weighted by Crippen LogP contribution is -2.54. The van der Waals surface area contributed by atoms with E-state index in [0.29, 0.717) is 17.8 Å². The normalized spacial score (nSPS) is 33.1. The zero-order chi connectivity index (χ0) is 19.4. The predicted molar refractivity (Wildman–Crippen MR) is 87.8 cm³/mol. The Kier molecular flexibility index (Phi) is 4.41. The van der Waals surface area contributed by atoms with Crippen LogP contribution in [0.5, 0.6) is 5.75 Å². The topological polar surface area (TPSA) is 58.6 Å². The van der Waals surface area contributed by atoms with Gasteiger partial charge in [0.25, 0.3) is 0 Å². The summed E-state index contributed by atoms with van der Waals surface area (Å²) in [6.07, 6.45) is 0.733. The maximum atomic E-state index is 13.4. The summed E-state index contributed by atoms with van der Waals surface area (Å²) in [5, 5.41) is 11.1. The van der Waals surface area contributed by atoms with Crippen LogP contribution in [0.15, 0.2) is 18.2 Å². The van der Waals surface area contributed by atoms with Crippen molar-refractivity contribution in [2.75, 3.05) is 7.11 Å². The molecule has 4 nitrogen and oxygen atoms in total. The Labute approximate surface area is 155 Å². The molecule has 0 heterocycles. The largest absolute Gasteiger partial charge is 0.545 e. The number of methoxy groups -OCH3 is 1. The lowest BCUT2D eigenvalue weighted by Gasteiger charge is -2.58. The van der Waals surface area contributed by atoms with Crippen LogP contribution in [0, 0.1) is 23.2 Å². The average molecular weight is 383 g/mol. The molecule has 4 aliphatic carbocycles. The highest BCUT2D eigenvalue weighted by Crippen LogP contribution is 2.62. The van der Waals surface area contributed by atoms with Crippen LogP contribution in [-0.4, -0.2) is 19.4 Å². The van der Waals surface area contributed by atoms with E-state index in [-0.39, 0.29) is 11.0 Å². The molecule has 148 valence electrons. The van der Waals surface area contributed by atoms with Crippen molar-refractivity contribution in [2.45, 2.75) is 51.0 Å². The molecule has 0 aromatic heterocycles. The van der Waals surface area contributed by atoms with Crippen molar-refractivity contribution in [3.8, 4) is 5.75 Å². The number of alkyl halides is 3. The lowest BCUT2D eigenvalue weighted by molar-refractivity contribution is -0.255. The fourth-order valence-electron chi connectivity index (χ4n) is 5.99. The molecule has 7 heteroatoms. The summed E-state index contributed by atoms with van der Waals surface area (Å²) in [6.45, 7) is 0. The van der Waals surface area contributed by atoms with Gasteiger partial charge in [-0.1, -0.05) is 6.07 Å². The molecule has 1 atom stereocenters. The third-order valence-corrected chi connectivity index (χ3v) is 6.56. The summed E-state index contributed by atoms with van der Waals surface area (Å²) in [5.41, 5.74) is -1.65. The second-order valence-electron chi connectivity index (χ2n) is 8.46. The maximum absolute atomic E-state index is 13.4. The van der Waals surface area contributed by atoms with Crippen LogP contribution in [0.3, 0.4) is 0 Å². The van der Waals surface area contributed by atoms with Crippen molar-refractivity contribution >= 4 is 5.97 Å². The highest BCUT2D eigenvalue weighted by atomic mass is 19.4. The first-order valence-electron chi connectivity index (χ1n) is 9.32.